The topological polar surface area (TPSA) is 100.0 Å². The highest BCUT2D eigenvalue weighted by molar-refractivity contribution is 9.08. The predicted molar refractivity (Wildman–Crippen MR) is 147 cm³/mol. The zero-order chi connectivity index (χ0) is 27.4. The van der Waals surface area contributed by atoms with Crippen LogP contribution in [-0.2, 0) is 37.1 Å². The first-order valence-electron chi connectivity index (χ1n) is 12.8. The lowest BCUT2D eigenvalue weighted by atomic mass is 9.78. The minimum absolute atomic E-state index is 0.0523. The van der Waals surface area contributed by atoms with Gasteiger partial charge in [-0.3, -0.25) is 4.79 Å². The Kier molecular flexibility index (Phi) is 10.2. The maximum absolute atomic E-state index is 13.7. The summed E-state index contributed by atoms with van der Waals surface area (Å²) in [5.41, 5.74) is 2.73. The molecule has 0 unspecified atom stereocenters. The third-order valence-corrected chi connectivity index (χ3v) is 7.43. The van der Waals surface area contributed by atoms with Gasteiger partial charge in [-0.05, 0) is 35.3 Å². The van der Waals surface area contributed by atoms with Crippen LogP contribution in [0.5, 0.6) is 5.75 Å². The summed E-state index contributed by atoms with van der Waals surface area (Å²) in [6.45, 7) is 16.4. The Hall–Kier alpha value is -1.90. The maximum atomic E-state index is 13.7. The Balaban J connectivity index is 2.63. The van der Waals surface area contributed by atoms with E-state index in [1.165, 1.54) is 0 Å². The molecule has 0 aliphatic heterocycles. The van der Waals surface area contributed by atoms with Crippen molar-refractivity contribution >= 4 is 21.9 Å². The fourth-order valence-corrected chi connectivity index (χ4v) is 5.11. The summed E-state index contributed by atoms with van der Waals surface area (Å²) in [6.07, 6.45) is 3.03. The third kappa shape index (κ3) is 6.50. The minimum atomic E-state index is -0.359. The van der Waals surface area contributed by atoms with Crippen LogP contribution in [0.4, 0.5) is 0 Å². The van der Waals surface area contributed by atoms with Crippen molar-refractivity contribution in [1.29, 1.82) is 0 Å². The van der Waals surface area contributed by atoms with Gasteiger partial charge in [0.25, 0.3) is 0 Å². The van der Waals surface area contributed by atoms with E-state index in [0.717, 1.165) is 30.4 Å². The first kappa shape index (κ1) is 30.3. The van der Waals surface area contributed by atoms with Gasteiger partial charge in [0.15, 0.2) is 5.78 Å². The molecule has 2 rings (SSSR count). The van der Waals surface area contributed by atoms with E-state index in [2.05, 4.69) is 34.0 Å². The fourth-order valence-electron chi connectivity index (χ4n) is 4.73. The van der Waals surface area contributed by atoms with Crippen molar-refractivity contribution in [3.05, 3.63) is 45.8 Å². The van der Waals surface area contributed by atoms with Crippen molar-refractivity contribution in [3.8, 4) is 5.75 Å². The number of hydrogen-bond acceptors (Lipinski definition) is 5. The van der Waals surface area contributed by atoms with Crippen LogP contribution in [0.2, 0.25) is 0 Å². The summed E-state index contributed by atoms with van der Waals surface area (Å²) in [5, 5.41) is 31.4. The smallest absolute Gasteiger partial charge is 0.217 e. The number of aliphatic hydroxyl groups is 2. The maximum Gasteiger partial charge on any atom is 0.217 e. The van der Waals surface area contributed by atoms with Crippen molar-refractivity contribution in [1.82, 2.24) is 9.13 Å². The second-order valence-electron chi connectivity index (χ2n) is 11.6. The Morgan fingerprint density at radius 3 is 1.81 bits per heavy atom. The number of phenolic OH excluding ortho intramolecular Hbond substituents is 1. The summed E-state index contributed by atoms with van der Waals surface area (Å²) in [6, 6.07) is 3.54. The lowest BCUT2D eigenvalue weighted by Gasteiger charge is -2.28. The van der Waals surface area contributed by atoms with E-state index < -0.39 is 0 Å². The van der Waals surface area contributed by atoms with Gasteiger partial charge >= 0.3 is 0 Å². The standard InChI is InChI=1S/C28H44BrN3O4/c1-9-18(10-2)11-12-31-22(16-33)23(17-34)32(26(31)30-29)15-24(35)19-13-20(27(3,4)5)25(36)21(14-19)28(6,7)8/h13-14,18,33-34,36H,9-12,15-17H2,1-8H3. The van der Waals surface area contributed by atoms with Crippen LogP contribution in [0.25, 0.3) is 0 Å². The molecular weight excluding hydrogens is 522 g/mol. The summed E-state index contributed by atoms with van der Waals surface area (Å²) in [5.74, 6) is 0.602. The van der Waals surface area contributed by atoms with E-state index in [4.69, 9.17) is 0 Å². The van der Waals surface area contributed by atoms with Gasteiger partial charge in [0.2, 0.25) is 5.62 Å². The number of imidazole rings is 1. The number of ketones is 1. The summed E-state index contributed by atoms with van der Waals surface area (Å²) in [4.78, 5) is 13.7. The van der Waals surface area contributed by atoms with Crippen molar-refractivity contribution in [2.75, 3.05) is 0 Å². The van der Waals surface area contributed by atoms with Gasteiger partial charge in [-0.15, -0.1) is 0 Å². The van der Waals surface area contributed by atoms with Gasteiger partial charge in [0, 0.05) is 23.2 Å². The van der Waals surface area contributed by atoms with Gasteiger partial charge in [0.05, 0.1) is 47.3 Å². The third-order valence-electron chi connectivity index (χ3n) is 7.11. The molecule has 0 atom stereocenters. The number of carbonyl (C=O) groups excluding carboxylic acids is 1. The lowest BCUT2D eigenvalue weighted by molar-refractivity contribution is 0.0967. The highest BCUT2D eigenvalue weighted by Gasteiger charge is 2.28. The number of aliphatic hydroxyl groups excluding tert-OH is 2. The van der Waals surface area contributed by atoms with Crippen LogP contribution in [0.3, 0.4) is 0 Å². The number of halogens is 1. The molecule has 1 aromatic heterocycles. The molecule has 3 N–H and O–H groups in total. The number of benzene rings is 1. The Morgan fingerprint density at radius 2 is 1.42 bits per heavy atom. The monoisotopic (exact) mass is 565 g/mol. The fraction of sp³-hybridized carbons (Fsp3) is 0.643. The Bertz CT molecular complexity index is 1090. The highest BCUT2D eigenvalue weighted by atomic mass is 79.9. The predicted octanol–water partition coefficient (Wildman–Crippen LogP) is 5.49. The highest BCUT2D eigenvalue weighted by Crippen LogP contribution is 2.40. The van der Waals surface area contributed by atoms with Crippen molar-refractivity contribution < 1.29 is 20.1 Å². The van der Waals surface area contributed by atoms with E-state index in [1.807, 2.05) is 46.1 Å². The molecule has 1 heterocycles. The van der Waals surface area contributed by atoms with Crippen LogP contribution in [0.15, 0.2) is 16.2 Å². The molecule has 0 radical (unpaired) electrons. The molecule has 0 fully saturated rings. The summed E-state index contributed by atoms with van der Waals surface area (Å²) < 4.78 is 7.84. The first-order valence-corrected chi connectivity index (χ1v) is 13.5. The average Bonchev–Trinajstić information content (AvgIpc) is 3.09. The number of aromatic nitrogens is 2. The van der Waals surface area contributed by atoms with E-state index in [9.17, 15) is 20.1 Å². The summed E-state index contributed by atoms with van der Waals surface area (Å²) in [7, 11) is 0. The number of Topliss-reactive ketones (excluding diaryl/α,β-unsaturated/α-hetero) is 1. The van der Waals surface area contributed by atoms with Crippen molar-refractivity contribution in [3.63, 3.8) is 0 Å². The first-order chi connectivity index (χ1) is 16.7. The van der Waals surface area contributed by atoms with Crippen molar-refractivity contribution in [2.24, 2.45) is 9.94 Å². The molecule has 2 aromatic rings. The molecule has 0 spiro atoms. The number of phenols is 1. The molecule has 0 aliphatic rings. The van der Waals surface area contributed by atoms with Gasteiger partial charge in [-0.2, -0.15) is 4.02 Å². The normalized spacial score (nSPS) is 13.2. The van der Waals surface area contributed by atoms with Crippen LogP contribution >= 0.6 is 16.1 Å². The quantitative estimate of drug-likeness (QED) is 0.331. The number of hydrogen-bond donors (Lipinski definition) is 3. The van der Waals surface area contributed by atoms with E-state index in [0.29, 0.717) is 35.0 Å². The zero-order valence-electron chi connectivity index (χ0n) is 23.2. The molecule has 8 heteroatoms. The van der Waals surface area contributed by atoms with Crippen LogP contribution in [0.1, 0.15) is 108 Å². The molecule has 36 heavy (non-hydrogen) atoms. The van der Waals surface area contributed by atoms with E-state index >= 15 is 0 Å². The van der Waals surface area contributed by atoms with Crippen LogP contribution in [-0.4, -0.2) is 30.2 Å². The van der Waals surface area contributed by atoms with Gasteiger partial charge in [0.1, 0.15) is 5.75 Å². The van der Waals surface area contributed by atoms with Gasteiger partial charge in [-0.1, -0.05) is 68.2 Å². The minimum Gasteiger partial charge on any atom is -0.507 e. The van der Waals surface area contributed by atoms with Crippen molar-refractivity contribution in [2.45, 2.75) is 112 Å². The Morgan fingerprint density at radius 1 is 0.944 bits per heavy atom. The number of nitrogens with zero attached hydrogens (tertiary/aromatic N) is 3. The molecule has 0 amide bonds. The van der Waals surface area contributed by atoms with Gasteiger partial charge < -0.3 is 24.5 Å². The average molecular weight is 567 g/mol. The van der Waals surface area contributed by atoms with Crippen LogP contribution < -0.4 is 5.62 Å². The number of rotatable bonds is 10. The molecule has 0 saturated heterocycles. The van der Waals surface area contributed by atoms with E-state index in [1.54, 1.807) is 16.7 Å². The number of carbonyl (C=O) groups is 1. The zero-order valence-corrected chi connectivity index (χ0v) is 24.7. The van der Waals surface area contributed by atoms with Crippen LogP contribution in [0, 0.1) is 5.92 Å². The lowest BCUT2D eigenvalue weighted by Crippen LogP contribution is -2.30. The second-order valence-corrected chi connectivity index (χ2v) is 12.0. The summed E-state index contributed by atoms with van der Waals surface area (Å²) >= 11 is 3.21. The molecule has 0 bridgehead atoms. The Labute approximate surface area is 224 Å². The molecule has 7 nitrogen and oxygen atoms in total. The number of aromatic hydroxyl groups is 1. The second kappa shape index (κ2) is 12.1. The molecule has 1 aromatic carbocycles. The van der Waals surface area contributed by atoms with Gasteiger partial charge in [-0.25, -0.2) is 0 Å². The largest absolute Gasteiger partial charge is 0.507 e. The van der Waals surface area contributed by atoms with E-state index in [-0.39, 0.29) is 42.1 Å². The molecule has 0 aliphatic carbocycles. The SMILES string of the molecule is CCC(CC)CCn1c(CO)c(CO)n(CC(=O)c2cc(C(C)(C)C)c(O)c(C(C)(C)C)c2)c1=NBr. The molecule has 202 valence electrons. The molecule has 0 saturated carbocycles. The molecular formula is C28H44BrN3O4.